The van der Waals surface area contributed by atoms with Gasteiger partial charge in [0.25, 0.3) is 0 Å². The molecule has 2 aliphatic rings. The van der Waals surface area contributed by atoms with Crippen molar-refractivity contribution in [3.05, 3.63) is 0 Å². The third-order valence-electron chi connectivity index (χ3n) is 4.07. The van der Waals surface area contributed by atoms with E-state index >= 15 is 0 Å². The van der Waals surface area contributed by atoms with Crippen LogP contribution in [0.1, 0.15) is 38.5 Å². The minimum absolute atomic E-state index is 0.103. The zero-order valence-corrected chi connectivity index (χ0v) is 10.2. The van der Waals surface area contributed by atoms with Gasteiger partial charge in [0.05, 0.1) is 0 Å². The van der Waals surface area contributed by atoms with E-state index in [1.807, 2.05) is 0 Å². The van der Waals surface area contributed by atoms with Crippen LogP contribution in [0.25, 0.3) is 0 Å². The number of fused-ring (bicyclic) bond motifs is 2. The Hall–Kier alpha value is -0.780. The van der Waals surface area contributed by atoms with Crippen molar-refractivity contribution in [1.82, 2.24) is 5.32 Å². The number of hydrogen-bond donors (Lipinski definition) is 2. The zero-order chi connectivity index (χ0) is 13.3. The number of alkyl halides is 3. The van der Waals surface area contributed by atoms with Gasteiger partial charge < -0.3 is 11.1 Å². The summed E-state index contributed by atoms with van der Waals surface area (Å²) in [5.74, 6) is -0.394. The van der Waals surface area contributed by atoms with Crippen LogP contribution in [0.5, 0.6) is 0 Å². The summed E-state index contributed by atoms with van der Waals surface area (Å²) in [7, 11) is 0. The fourth-order valence-corrected chi connectivity index (χ4v) is 3.44. The molecule has 1 amide bonds. The number of hydrogen-bond acceptors (Lipinski definition) is 2. The maximum atomic E-state index is 12.1. The van der Waals surface area contributed by atoms with Crippen molar-refractivity contribution in [2.24, 2.45) is 17.6 Å². The molecule has 3 nitrogen and oxygen atoms in total. The highest BCUT2D eigenvalue weighted by Crippen LogP contribution is 2.39. The number of halogens is 3. The van der Waals surface area contributed by atoms with Crippen LogP contribution in [0.4, 0.5) is 13.2 Å². The molecule has 0 heterocycles. The number of carbonyl (C=O) groups is 1. The summed E-state index contributed by atoms with van der Waals surface area (Å²) in [6, 6.07) is 0.0319. The summed E-state index contributed by atoms with van der Waals surface area (Å²) in [5.41, 5.74) is 5.93. The molecule has 3 N–H and O–H groups in total. The van der Waals surface area contributed by atoms with E-state index in [0.717, 1.165) is 32.1 Å². The van der Waals surface area contributed by atoms with Crippen LogP contribution in [-0.2, 0) is 4.79 Å². The number of nitrogens with one attached hydrogen (secondary N) is 1. The van der Waals surface area contributed by atoms with E-state index < -0.39 is 18.5 Å². The third kappa shape index (κ3) is 3.37. The predicted molar refractivity (Wildman–Crippen MR) is 60.6 cm³/mol. The predicted octanol–water partition coefficient (Wildman–Crippen LogP) is 1.96. The van der Waals surface area contributed by atoms with Crippen LogP contribution < -0.4 is 11.1 Å². The molecule has 0 radical (unpaired) electrons. The Morgan fingerprint density at radius 2 is 1.78 bits per heavy atom. The lowest BCUT2D eigenvalue weighted by Gasteiger charge is -2.45. The molecule has 0 aromatic carbocycles. The van der Waals surface area contributed by atoms with Gasteiger partial charge in [0.1, 0.15) is 6.42 Å². The lowest BCUT2D eigenvalue weighted by molar-refractivity contribution is -0.155. The van der Waals surface area contributed by atoms with Gasteiger partial charge in [0, 0.05) is 12.1 Å². The van der Waals surface area contributed by atoms with Crippen molar-refractivity contribution in [3.63, 3.8) is 0 Å². The van der Waals surface area contributed by atoms with Crippen LogP contribution in [-0.4, -0.2) is 24.2 Å². The maximum absolute atomic E-state index is 12.1. The molecule has 2 saturated carbocycles. The van der Waals surface area contributed by atoms with E-state index in [0.29, 0.717) is 0 Å². The fraction of sp³-hybridized carbons (Fsp3) is 0.917. The smallest absolute Gasteiger partial charge is 0.353 e. The van der Waals surface area contributed by atoms with Crippen LogP contribution in [0.2, 0.25) is 0 Å². The Morgan fingerprint density at radius 3 is 2.28 bits per heavy atom. The van der Waals surface area contributed by atoms with Gasteiger partial charge in [-0.2, -0.15) is 13.2 Å². The van der Waals surface area contributed by atoms with E-state index in [-0.39, 0.29) is 23.9 Å². The molecule has 0 saturated heterocycles. The van der Waals surface area contributed by atoms with Crippen LogP contribution in [0, 0.1) is 11.8 Å². The molecule has 2 rings (SSSR count). The Morgan fingerprint density at radius 1 is 1.22 bits per heavy atom. The van der Waals surface area contributed by atoms with E-state index in [1.54, 1.807) is 0 Å². The first-order valence-electron chi connectivity index (χ1n) is 6.47. The molecule has 2 unspecified atom stereocenters. The third-order valence-corrected chi connectivity index (χ3v) is 4.07. The molecule has 2 bridgehead atoms. The van der Waals surface area contributed by atoms with Crippen molar-refractivity contribution < 1.29 is 18.0 Å². The van der Waals surface area contributed by atoms with Crippen LogP contribution >= 0.6 is 0 Å². The molecule has 0 aromatic rings. The first-order chi connectivity index (χ1) is 8.35. The summed E-state index contributed by atoms with van der Waals surface area (Å²) < 4.78 is 36.4. The normalized spacial score (nSPS) is 36.2. The SMILES string of the molecule is NC1C[C@H]2CCC[C@@H](C1)C2NC(=O)CC(F)(F)F. The maximum Gasteiger partial charge on any atom is 0.397 e. The second kappa shape index (κ2) is 5.07. The Kier molecular flexibility index (Phi) is 3.84. The molecular formula is C12H19F3N2O. The number of amides is 1. The molecule has 0 spiro atoms. The number of nitrogens with two attached hydrogens (primary N) is 1. The zero-order valence-electron chi connectivity index (χ0n) is 10.2. The first-order valence-corrected chi connectivity index (χ1v) is 6.47. The van der Waals surface area contributed by atoms with Gasteiger partial charge in [-0.15, -0.1) is 0 Å². The highest BCUT2D eigenvalue weighted by atomic mass is 19.4. The van der Waals surface area contributed by atoms with E-state index in [4.69, 9.17) is 5.73 Å². The average Bonchev–Trinajstić information content (AvgIpc) is 2.16. The molecule has 0 aliphatic heterocycles. The highest BCUT2D eigenvalue weighted by molar-refractivity contribution is 5.77. The fourth-order valence-electron chi connectivity index (χ4n) is 3.44. The van der Waals surface area contributed by atoms with Gasteiger partial charge >= 0.3 is 6.18 Å². The lowest BCUT2D eigenvalue weighted by Crippen LogP contribution is -2.54. The van der Waals surface area contributed by atoms with Crippen molar-refractivity contribution >= 4 is 5.91 Å². The molecular weight excluding hydrogens is 245 g/mol. The summed E-state index contributed by atoms with van der Waals surface area (Å²) in [6.07, 6.45) is -1.17. The molecule has 4 atom stereocenters. The molecule has 18 heavy (non-hydrogen) atoms. The van der Waals surface area contributed by atoms with Crippen molar-refractivity contribution in [1.29, 1.82) is 0 Å². The van der Waals surface area contributed by atoms with E-state index in [2.05, 4.69) is 5.32 Å². The van der Waals surface area contributed by atoms with Crippen LogP contribution in [0.3, 0.4) is 0 Å². The second-order valence-electron chi connectivity index (χ2n) is 5.57. The quantitative estimate of drug-likeness (QED) is 0.801. The van der Waals surface area contributed by atoms with Gasteiger partial charge in [-0.3, -0.25) is 4.79 Å². The minimum Gasteiger partial charge on any atom is -0.353 e. The van der Waals surface area contributed by atoms with Crippen molar-refractivity contribution in [2.75, 3.05) is 0 Å². The minimum atomic E-state index is -4.43. The summed E-state index contributed by atoms with van der Waals surface area (Å²) >= 11 is 0. The topological polar surface area (TPSA) is 55.1 Å². The molecule has 0 aromatic heterocycles. The Balaban J connectivity index is 1.94. The molecule has 104 valence electrons. The van der Waals surface area contributed by atoms with E-state index in [1.165, 1.54) is 0 Å². The molecule has 2 aliphatic carbocycles. The summed E-state index contributed by atoms with van der Waals surface area (Å²) in [4.78, 5) is 11.4. The Labute approximate surface area is 104 Å². The van der Waals surface area contributed by atoms with Crippen molar-refractivity contribution in [2.45, 2.75) is 56.8 Å². The number of carbonyl (C=O) groups excluding carboxylic acids is 1. The van der Waals surface area contributed by atoms with Gasteiger partial charge in [-0.25, -0.2) is 0 Å². The van der Waals surface area contributed by atoms with Gasteiger partial charge in [-0.1, -0.05) is 6.42 Å². The monoisotopic (exact) mass is 264 g/mol. The molecule has 6 heteroatoms. The standard InChI is InChI=1S/C12H19F3N2O/c13-12(14,15)6-10(18)17-11-7-2-1-3-8(11)5-9(16)4-7/h7-9,11H,1-6,16H2,(H,17,18)/t7-,8+,9?,11?. The molecule has 2 fully saturated rings. The second-order valence-corrected chi connectivity index (χ2v) is 5.57. The van der Waals surface area contributed by atoms with Crippen LogP contribution in [0.15, 0.2) is 0 Å². The van der Waals surface area contributed by atoms with E-state index in [9.17, 15) is 18.0 Å². The summed E-state index contributed by atoms with van der Waals surface area (Å²) in [5, 5.41) is 2.58. The summed E-state index contributed by atoms with van der Waals surface area (Å²) in [6.45, 7) is 0. The van der Waals surface area contributed by atoms with Crippen molar-refractivity contribution in [3.8, 4) is 0 Å². The largest absolute Gasteiger partial charge is 0.397 e. The van der Waals surface area contributed by atoms with Gasteiger partial charge in [0.15, 0.2) is 0 Å². The Bertz CT molecular complexity index is 305. The average molecular weight is 264 g/mol. The highest BCUT2D eigenvalue weighted by Gasteiger charge is 2.41. The lowest BCUT2D eigenvalue weighted by atomic mass is 9.67. The first kappa shape index (κ1) is 13.6. The van der Waals surface area contributed by atoms with Gasteiger partial charge in [-0.05, 0) is 37.5 Å². The number of rotatable bonds is 2. The van der Waals surface area contributed by atoms with Gasteiger partial charge in [0.2, 0.25) is 5.91 Å².